The monoisotopic (exact) mass is 548 g/mol. The number of anilines is 1. The average molecular weight is 549 g/mol. The van der Waals surface area contributed by atoms with E-state index in [4.69, 9.17) is 21.1 Å². The van der Waals surface area contributed by atoms with E-state index in [1.54, 1.807) is 17.6 Å². The smallest absolute Gasteiger partial charge is 0.341 e. The first-order valence-electron chi connectivity index (χ1n) is 11.8. The van der Waals surface area contributed by atoms with Crippen LogP contribution in [0.2, 0.25) is 5.02 Å². The Balaban J connectivity index is 1.39. The Morgan fingerprint density at radius 1 is 1.33 bits per heavy atom. The number of nitrogens with one attached hydrogen (secondary N) is 1. The molecule has 1 aromatic carbocycles. The number of carbonyl (C=O) groups is 2. The van der Waals surface area contributed by atoms with Gasteiger partial charge in [0.15, 0.2) is 11.0 Å². The number of thiophene rings is 1. The van der Waals surface area contributed by atoms with Crippen LogP contribution in [0.1, 0.15) is 52.5 Å². The Kier molecular flexibility index (Phi) is 8.58. The van der Waals surface area contributed by atoms with Gasteiger partial charge < -0.3 is 19.4 Å². The van der Waals surface area contributed by atoms with Gasteiger partial charge >= 0.3 is 5.97 Å². The van der Waals surface area contributed by atoms with Crippen LogP contribution in [0.15, 0.2) is 23.4 Å². The van der Waals surface area contributed by atoms with Gasteiger partial charge in [0.2, 0.25) is 5.91 Å². The molecule has 11 heteroatoms. The van der Waals surface area contributed by atoms with Crippen LogP contribution in [0.25, 0.3) is 0 Å². The van der Waals surface area contributed by atoms with E-state index in [0.29, 0.717) is 39.1 Å². The van der Waals surface area contributed by atoms with E-state index in [1.807, 2.05) is 26.1 Å². The van der Waals surface area contributed by atoms with E-state index in [1.165, 1.54) is 23.1 Å². The predicted molar refractivity (Wildman–Crippen MR) is 142 cm³/mol. The molecule has 0 aliphatic heterocycles. The van der Waals surface area contributed by atoms with Crippen molar-refractivity contribution in [1.29, 1.82) is 0 Å². The molecule has 1 N–H and O–H groups in total. The first-order chi connectivity index (χ1) is 17.3. The van der Waals surface area contributed by atoms with Crippen LogP contribution in [-0.4, -0.2) is 39.0 Å². The Morgan fingerprint density at radius 2 is 2.14 bits per heavy atom. The minimum Gasteiger partial charge on any atom is -0.485 e. The zero-order valence-corrected chi connectivity index (χ0v) is 23.1. The summed E-state index contributed by atoms with van der Waals surface area (Å²) in [6, 6.07) is 5.44. The highest BCUT2D eigenvalue weighted by molar-refractivity contribution is 7.99. The highest BCUT2D eigenvalue weighted by Crippen LogP contribution is 2.40. The number of carbonyl (C=O) groups excluding carboxylic acids is 2. The third kappa shape index (κ3) is 6.04. The number of benzene rings is 1. The fourth-order valence-corrected chi connectivity index (χ4v) is 6.44. The molecular formula is C25H29ClN4O4S2. The molecule has 1 aliphatic rings. The Morgan fingerprint density at radius 3 is 2.89 bits per heavy atom. The molecule has 36 heavy (non-hydrogen) atoms. The van der Waals surface area contributed by atoms with Crippen LogP contribution in [-0.2, 0) is 36.0 Å². The standard InChI is InChI=1S/C25H29ClN4O4S2/c1-5-33-24(32)22-17-8-6-14(2)10-19(17)36-23(22)27-21(31)13-35-25-29-28-20(30(25)4)12-34-18-9-7-16(26)11-15(18)3/h7,9,11,14H,5-6,8,10,12-13H2,1-4H3,(H,27,31). The second-order valence-electron chi connectivity index (χ2n) is 8.77. The molecule has 0 saturated heterocycles. The molecule has 2 heterocycles. The van der Waals surface area contributed by atoms with Gasteiger partial charge in [0.25, 0.3) is 0 Å². The molecule has 1 atom stereocenters. The van der Waals surface area contributed by atoms with Gasteiger partial charge in [-0.15, -0.1) is 21.5 Å². The number of esters is 1. The molecule has 0 spiro atoms. The van der Waals surface area contributed by atoms with Gasteiger partial charge in [0, 0.05) is 16.9 Å². The quantitative estimate of drug-likeness (QED) is 0.280. The van der Waals surface area contributed by atoms with Crippen molar-refractivity contribution in [3.05, 3.63) is 50.6 Å². The third-order valence-electron chi connectivity index (χ3n) is 6.00. The lowest BCUT2D eigenvalue weighted by atomic mass is 9.88. The minimum atomic E-state index is -0.374. The number of fused-ring (bicyclic) bond motifs is 1. The molecule has 1 aliphatic carbocycles. The van der Waals surface area contributed by atoms with Crippen LogP contribution < -0.4 is 10.1 Å². The molecule has 8 nitrogen and oxygen atoms in total. The van der Waals surface area contributed by atoms with Gasteiger partial charge in [-0.1, -0.05) is 30.3 Å². The first kappa shape index (κ1) is 26.5. The largest absolute Gasteiger partial charge is 0.485 e. The number of ether oxygens (including phenoxy) is 2. The van der Waals surface area contributed by atoms with E-state index in [9.17, 15) is 9.59 Å². The highest BCUT2D eigenvalue weighted by atomic mass is 35.5. The van der Waals surface area contributed by atoms with E-state index >= 15 is 0 Å². The number of amides is 1. The first-order valence-corrected chi connectivity index (χ1v) is 14.0. The summed E-state index contributed by atoms with van der Waals surface area (Å²) in [5.41, 5.74) is 2.47. The van der Waals surface area contributed by atoms with E-state index < -0.39 is 0 Å². The fraction of sp³-hybridized carbons (Fsp3) is 0.440. The van der Waals surface area contributed by atoms with Gasteiger partial charge in [-0.3, -0.25) is 4.79 Å². The summed E-state index contributed by atoms with van der Waals surface area (Å²) in [6.07, 6.45) is 2.76. The summed E-state index contributed by atoms with van der Waals surface area (Å²) in [6.45, 7) is 6.44. The summed E-state index contributed by atoms with van der Waals surface area (Å²) in [5.74, 6) is 1.46. The molecular weight excluding hydrogens is 520 g/mol. The van der Waals surface area contributed by atoms with Crippen LogP contribution in [0.5, 0.6) is 5.75 Å². The Hall–Kier alpha value is -2.56. The van der Waals surface area contributed by atoms with Gasteiger partial charge in [0.05, 0.1) is 17.9 Å². The second-order valence-corrected chi connectivity index (χ2v) is 11.3. The maximum atomic E-state index is 12.8. The summed E-state index contributed by atoms with van der Waals surface area (Å²) in [4.78, 5) is 26.7. The van der Waals surface area contributed by atoms with Gasteiger partial charge in [0.1, 0.15) is 17.4 Å². The van der Waals surface area contributed by atoms with Crippen molar-refractivity contribution in [2.24, 2.45) is 13.0 Å². The van der Waals surface area contributed by atoms with Crippen LogP contribution >= 0.6 is 34.7 Å². The summed E-state index contributed by atoms with van der Waals surface area (Å²) < 4.78 is 13.0. The SMILES string of the molecule is CCOC(=O)c1c(NC(=O)CSc2nnc(COc3ccc(Cl)cc3C)n2C)sc2c1CCC(C)C2. The lowest BCUT2D eigenvalue weighted by Crippen LogP contribution is -2.18. The molecule has 0 bridgehead atoms. The molecule has 0 fully saturated rings. The number of nitrogens with zero attached hydrogens (tertiary/aromatic N) is 3. The minimum absolute atomic E-state index is 0.129. The number of halogens is 1. The maximum Gasteiger partial charge on any atom is 0.341 e. The van der Waals surface area contributed by atoms with Gasteiger partial charge in [-0.2, -0.15) is 0 Å². The molecule has 3 aromatic rings. The average Bonchev–Trinajstić information content (AvgIpc) is 3.36. The van der Waals surface area contributed by atoms with Crippen molar-refractivity contribution in [3.63, 3.8) is 0 Å². The molecule has 1 amide bonds. The zero-order chi connectivity index (χ0) is 25.8. The zero-order valence-electron chi connectivity index (χ0n) is 20.7. The Bertz CT molecular complexity index is 1270. The lowest BCUT2D eigenvalue weighted by molar-refractivity contribution is -0.113. The molecule has 0 radical (unpaired) electrons. The van der Waals surface area contributed by atoms with E-state index in [2.05, 4.69) is 22.4 Å². The second kappa shape index (κ2) is 11.7. The fourth-order valence-electron chi connectivity index (χ4n) is 4.06. The molecule has 1 unspecified atom stereocenters. The number of aromatic nitrogens is 3. The third-order valence-corrected chi connectivity index (χ3v) is 8.42. The van der Waals surface area contributed by atoms with Crippen molar-refractivity contribution >= 4 is 51.6 Å². The number of aryl methyl sites for hydroxylation is 1. The van der Waals surface area contributed by atoms with Crippen molar-refractivity contribution in [3.8, 4) is 5.75 Å². The maximum absolute atomic E-state index is 12.8. The number of thioether (sulfide) groups is 1. The summed E-state index contributed by atoms with van der Waals surface area (Å²) in [7, 11) is 1.83. The number of hydrogen-bond donors (Lipinski definition) is 1. The van der Waals surface area contributed by atoms with Crippen LogP contribution in [0.3, 0.4) is 0 Å². The topological polar surface area (TPSA) is 95.3 Å². The van der Waals surface area contributed by atoms with E-state index in [-0.39, 0.29) is 24.2 Å². The highest BCUT2D eigenvalue weighted by Gasteiger charge is 2.29. The van der Waals surface area contributed by atoms with Gasteiger partial charge in [-0.25, -0.2) is 4.79 Å². The van der Waals surface area contributed by atoms with Crippen LogP contribution in [0, 0.1) is 12.8 Å². The normalized spacial score (nSPS) is 14.9. The number of rotatable bonds is 9. The Labute approximate surface area is 223 Å². The van der Waals surface area contributed by atoms with Gasteiger partial charge in [-0.05, 0) is 68.4 Å². The summed E-state index contributed by atoms with van der Waals surface area (Å²) in [5, 5.41) is 13.2. The van der Waals surface area contributed by atoms with Crippen LogP contribution in [0.4, 0.5) is 5.00 Å². The van der Waals surface area contributed by atoms with Crippen molar-refractivity contribution < 1.29 is 19.1 Å². The molecule has 192 valence electrons. The molecule has 4 rings (SSSR count). The molecule has 0 saturated carbocycles. The number of hydrogen-bond acceptors (Lipinski definition) is 8. The van der Waals surface area contributed by atoms with Crippen molar-refractivity contribution in [2.75, 3.05) is 17.7 Å². The summed E-state index contributed by atoms with van der Waals surface area (Å²) >= 11 is 8.76. The lowest BCUT2D eigenvalue weighted by Gasteiger charge is -2.18. The van der Waals surface area contributed by atoms with Crippen molar-refractivity contribution in [2.45, 2.75) is 51.8 Å². The predicted octanol–water partition coefficient (Wildman–Crippen LogP) is 5.45. The van der Waals surface area contributed by atoms with Crippen molar-refractivity contribution in [1.82, 2.24) is 14.8 Å². The molecule has 2 aromatic heterocycles. The van der Waals surface area contributed by atoms with E-state index in [0.717, 1.165) is 41.0 Å².